The summed E-state index contributed by atoms with van der Waals surface area (Å²) < 4.78 is 53.6. The van der Waals surface area contributed by atoms with Crippen molar-refractivity contribution in [3.8, 4) is 0 Å². The zero-order valence-corrected chi connectivity index (χ0v) is 9.62. The van der Waals surface area contributed by atoms with Crippen LogP contribution in [0.3, 0.4) is 0 Å². The minimum atomic E-state index is -5.11. The van der Waals surface area contributed by atoms with Crippen molar-refractivity contribution >= 4 is 11.9 Å². The molecule has 0 aliphatic rings. The fourth-order valence-electron chi connectivity index (χ4n) is 1.19. The number of rotatable bonds is 3. The molecule has 0 saturated carbocycles. The maximum absolute atomic E-state index is 12.7. The number of nitrogens with one attached hydrogen (secondary N) is 1. The SMILES string of the molecule is CC(=O)OC(NC(=O)C(F)(F)F)c1ccc(F)cc1. The molecule has 1 atom stereocenters. The molecule has 0 aliphatic carbocycles. The highest BCUT2D eigenvalue weighted by Crippen LogP contribution is 2.20. The van der Waals surface area contributed by atoms with Crippen molar-refractivity contribution in [2.75, 3.05) is 0 Å². The van der Waals surface area contributed by atoms with Gasteiger partial charge in [-0.2, -0.15) is 13.2 Å². The first-order valence-corrected chi connectivity index (χ1v) is 5.00. The molecule has 1 aromatic carbocycles. The molecular formula is C11H9F4NO3. The third-order valence-corrected chi connectivity index (χ3v) is 1.98. The van der Waals surface area contributed by atoms with Crippen LogP contribution in [0.1, 0.15) is 18.7 Å². The molecule has 4 nitrogen and oxygen atoms in total. The van der Waals surface area contributed by atoms with Crippen LogP contribution in [-0.2, 0) is 14.3 Å². The van der Waals surface area contributed by atoms with Crippen LogP contribution >= 0.6 is 0 Å². The molecule has 19 heavy (non-hydrogen) atoms. The van der Waals surface area contributed by atoms with Crippen LogP contribution in [0.4, 0.5) is 17.6 Å². The number of carbonyl (C=O) groups is 2. The van der Waals surface area contributed by atoms with Crippen LogP contribution < -0.4 is 5.32 Å². The third-order valence-electron chi connectivity index (χ3n) is 1.98. The van der Waals surface area contributed by atoms with Gasteiger partial charge in [0.1, 0.15) is 5.82 Å². The summed E-state index contributed by atoms with van der Waals surface area (Å²) in [7, 11) is 0. The van der Waals surface area contributed by atoms with Crippen LogP contribution in [0.5, 0.6) is 0 Å². The average Bonchev–Trinajstić information content (AvgIpc) is 2.27. The second-order valence-electron chi connectivity index (χ2n) is 3.51. The fraction of sp³-hybridized carbons (Fsp3) is 0.273. The Labute approximate surface area is 105 Å². The third kappa shape index (κ3) is 4.57. The number of hydrogen-bond donors (Lipinski definition) is 1. The monoisotopic (exact) mass is 279 g/mol. The summed E-state index contributed by atoms with van der Waals surface area (Å²) in [5, 5.41) is 1.49. The minimum absolute atomic E-state index is 0.00852. The predicted octanol–water partition coefficient (Wildman–Crippen LogP) is 2.07. The molecule has 8 heteroatoms. The summed E-state index contributed by atoms with van der Waals surface area (Å²) in [6, 6.07) is 4.12. The Morgan fingerprint density at radius 1 is 1.21 bits per heavy atom. The van der Waals surface area contributed by atoms with Crippen LogP contribution in [0.15, 0.2) is 24.3 Å². The van der Waals surface area contributed by atoms with Gasteiger partial charge in [-0.1, -0.05) is 12.1 Å². The van der Waals surface area contributed by atoms with Gasteiger partial charge < -0.3 is 10.1 Å². The van der Waals surface area contributed by atoms with E-state index in [1.165, 1.54) is 5.32 Å². The van der Waals surface area contributed by atoms with Gasteiger partial charge in [0.2, 0.25) is 6.23 Å². The van der Waals surface area contributed by atoms with Gasteiger partial charge in [-0.05, 0) is 12.1 Å². The second-order valence-corrected chi connectivity index (χ2v) is 3.51. The van der Waals surface area contributed by atoms with Crippen LogP contribution in [0, 0.1) is 5.82 Å². The molecule has 0 radical (unpaired) electrons. The standard InChI is InChI=1S/C11H9F4NO3/c1-6(17)19-9(16-10(18)11(13,14)15)7-2-4-8(12)5-3-7/h2-5,9H,1H3,(H,16,18). The van der Waals surface area contributed by atoms with Crippen molar-refractivity contribution < 1.29 is 31.9 Å². The first kappa shape index (κ1) is 14.9. The summed E-state index contributed by atoms with van der Waals surface area (Å²) in [6.45, 7) is 0.969. The molecule has 1 unspecified atom stereocenters. The first-order valence-electron chi connectivity index (χ1n) is 5.00. The lowest BCUT2D eigenvalue weighted by molar-refractivity contribution is -0.179. The maximum atomic E-state index is 12.7. The number of amides is 1. The molecular weight excluding hydrogens is 270 g/mol. The van der Waals surface area contributed by atoms with Crippen LogP contribution in [-0.4, -0.2) is 18.1 Å². The normalized spacial score (nSPS) is 12.7. The van der Waals surface area contributed by atoms with Gasteiger partial charge >= 0.3 is 18.1 Å². The lowest BCUT2D eigenvalue weighted by atomic mass is 10.2. The summed E-state index contributed by atoms with van der Waals surface area (Å²) >= 11 is 0. The lowest BCUT2D eigenvalue weighted by Gasteiger charge is -2.19. The number of ether oxygens (including phenoxy) is 1. The summed E-state index contributed by atoms with van der Waals surface area (Å²) in [5.74, 6) is -3.77. The van der Waals surface area contributed by atoms with Gasteiger partial charge in [-0.3, -0.25) is 9.59 Å². The molecule has 1 amide bonds. The molecule has 0 saturated heterocycles. The van der Waals surface area contributed by atoms with E-state index >= 15 is 0 Å². The van der Waals surface area contributed by atoms with E-state index in [0.717, 1.165) is 31.2 Å². The van der Waals surface area contributed by atoms with E-state index in [-0.39, 0.29) is 5.56 Å². The van der Waals surface area contributed by atoms with Crippen molar-refractivity contribution in [1.82, 2.24) is 5.32 Å². The molecule has 1 rings (SSSR count). The number of alkyl halides is 3. The highest BCUT2D eigenvalue weighted by molar-refractivity contribution is 5.82. The Morgan fingerprint density at radius 2 is 1.74 bits per heavy atom. The lowest BCUT2D eigenvalue weighted by Crippen LogP contribution is -2.40. The smallest absolute Gasteiger partial charge is 0.437 e. The summed E-state index contributed by atoms with van der Waals surface area (Å²) in [5.41, 5.74) is 0.00852. The first-order chi connectivity index (χ1) is 8.70. The number of hydrogen-bond acceptors (Lipinski definition) is 3. The van der Waals surface area contributed by atoms with Gasteiger partial charge in [-0.15, -0.1) is 0 Å². The van der Waals surface area contributed by atoms with Crippen molar-refractivity contribution in [2.45, 2.75) is 19.3 Å². The molecule has 0 aliphatic heterocycles. The Morgan fingerprint density at radius 3 is 2.16 bits per heavy atom. The largest absolute Gasteiger partial charge is 0.471 e. The van der Waals surface area contributed by atoms with Gasteiger partial charge in [-0.25, -0.2) is 4.39 Å². The van der Waals surface area contributed by atoms with Crippen LogP contribution in [0.2, 0.25) is 0 Å². The Bertz CT molecular complexity index is 470. The number of halogens is 4. The molecule has 0 fully saturated rings. The van der Waals surface area contributed by atoms with Crippen molar-refractivity contribution in [3.05, 3.63) is 35.6 Å². The highest BCUT2D eigenvalue weighted by Gasteiger charge is 2.40. The quantitative estimate of drug-likeness (QED) is 0.523. The van der Waals surface area contributed by atoms with Gasteiger partial charge in [0.15, 0.2) is 0 Å². The minimum Gasteiger partial charge on any atom is -0.437 e. The summed E-state index contributed by atoms with van der Waals surface area (Å²) in [4.78, 5) is 21.6. The Hall–Kier alpha value is -2.12. The highest BCUT2D eigenvalue weighted by atomic mass is 19.4. The maximum Gasteiger partial charge on any atom is 0.471 e. The van der Waals surface area contributed by atoms with E-state index in [1.807, 2.05) is 0 Å². The van der Waals surface area contributed by atoms with Gasteiger partial charge in [0, 0.05) is 12.5 Å². The van der Waals surface area contributed by atoms with E-state index in [2.05, 4.69) is 4.74 Å². The van der Waals surface area contributed by atoms with E-state index in [1.54, 1.807) is 0 Å². The molecule has 1 N–H and O–H groups in total. The van der Waals surface area contributed by atoms with Crippen LogP contribution in [0.25, 0.3) is 0 Å². The van der Waals surface area contributed by atoms with E-state index in [4.69, 9.17) is 0 Å². The summed E-state index contributed by atoms with van der Waals surface area (Å²) in [6.07, 6.45) is -6.74. The van der Waals surface area contributed by atoms with Gasteiger partial charge in [0.05, 0.1) is 0 Å². The van der Waals surface area contributed by atoms with Crippen molar-refractivity contribution in [3.63, 3.8) is 0 Å². The molecule has 104 valence electrons. The topological polar surface area (TPSA) is 55.4 Å². The van der Waals surface area contributed by atoms with Crippen molar-refractivity contribution in [2.24, 2.45) is 0 Å². The molecule has 1 aromatic rings. The predicted molar refractivity (Wildman–Crippen MR) is 55.1 cm³/mol. The molecule has 0 spiro atoms. The van der Waals surface area contributed by atoms with E-state index < -0.39 is 30.1 Å². The zero-order chi connectivity index (χ0) is 14.6. The Balaban J connectivity index is 2.92. The number of esters is 1. The molecule has 0 aromatic heterocycles. The fourth-order valence-corrected chi connectivity index (χ4v) is 1.19. The zero-order valence-electron chi connectivity index (χ0n) is 9.62. The molecule has 0 heterocycles. The number of carbonyl (C=O) groups excluding carboxylic acids is 2. The van der Waals surface area contributed by atoms with Gasteiger partial charge in [0.25, 0.3) is 0 Å². The average molecular weight is 279 g/mol. The van der Waals surface area contributed by atoms with E-state index in [0.29, 0.717) is 0 Å². The van der Waals surface area contributed by atoms with E-state index in [9.17, 15) is 27.2 Å². The van der Waals surface area contributed by atoms with Crippen molar-refractivity contribution in [1.29, 1.82) is 0 Å². The number of benzene rings is 1. The Kier molecular flexibility index (Phi) is 4.47. The molecule has 0 bridgehead atoms. The second kappa shape index (κ2) is 5.68.